The van der Waals surface area contributed by atoms with Gasteiger partial charge < -0.3 is 20.1 Å². The van der Waals surface area contributed by atoms with E-state index >= 15 is 0 Å². The lowest BCUT2D eigenvalue weighted by Crippen LogP contribution is -2.37. The molecule has 0 saturated carbocycles. The fraction of sp³-hybridized carbons (Fsp3) is 0.611. The Labute approximate surface area is 163 Å². The van der Waals surface area contributed by atoms with E-state index in [1.54, 1.807) is 7.05 Å². The Morgan fingerprint density at radius 1 is 1.41 bits per heavy atom. The zero-order valence-corrected chi connectivity index (χ0v) is 16.0. The molecule has 2 rings (SSSR count). The molecule has 0 spiro atoms. The van der Waals surface area contributed by atoms with Crippen molar-refractivity contribution in [3.63, 3.8) is 0 Å². The molecular formula is C18H26ClF3N2O3. The van der Waals surface area contributed by atoms with Crippen molar-refractivity contribution in [2.24, 2.45) is 5.92 Å². The van der Waals surface area contributed by atoms with E-state index in [4.69, 9.17) is 4.74 Å². The van der Waals surface area contributed by atoms with E-state index in [1.165, 1.54) is 23.1 Å². The number of hydrogen-bond donors (Lipinski definition) is 2. The number of aliphatic hydroxyl groups excluding tert-OH is 1. The first-order valence-electron chi connectivity index (χ1n) is 8.69. The van der Waals surface area contributed by atoms with Crippen LogP contribution in [0.1, 0.15) is 24.8 Å². The number of carbonyl (C=O) groups is 1. The van der Waals surface area contributed by atoms with Gasteiger partial charge in [-0.15, -0.1) is 12.4 Å². The van der Waals surface area contributed by atoms with E-state index in [2.05, 4.69) is 5.32 Å². The van der Waals surface area contributed by atoms with Gasteiger partial charge in [0, 0.05) is 20.0 Å². The molecule has 1 amide bonds. The predicted molar refractivity (Wildman–Crippen MR) is 98.0 cm³/mol. The van der Waals surface area contributed by atoms with Crippen LogP contribution in [0, 0.1) is 5.92 Å². The van der Waals surface area contributed by atoms with Crippen LogP contribution in [0.5, 0.6) is 5.75 Å². The first kappa shape index (κ1) is 23.5. The van der Waals surface area contributed by atoms with Gasteiger partial charge in [-0.25, -0.2) is 0 Å². The predicted octanol–water partition coefficient (Wildman–Crippen LogP) is 2.72. The molecule has 1 aromatic carbocycles. The summed E-state index contributed by atoms with van der Waals surface area (Å²) in [6, 6.07) is 4.85. The van der Waals surface area contributed by atoms with Crippen LogP contribution in [-0.2, 0) is 11.0 Å². The lowest BCUT2D eigenvalue weighted by Gasteiger charge is -2.22. The Bertz CT molecular complexity index is 595. The van der Waals surface area contributed by atoms with E-state index in [0.29, 0.717) is 12.3 Å². The Morgan fingerprint density at radius 3 is 2.74 bits per heavy atom. The van der Waals surface area contributed by atoms with Crippen LogP contribution in [0.2, 0.25) is 0 Å². The molecule has 0 aromatic heterocycles. The SMILES string of the molecule is CN(CC(O)COc1ccccc1C(F)(F)F)C(=O)CCC1CCNC1.Cl. The molecule has 2 atom stereocenters. The van der Waals surface area contributed by atoms with Gasteiger partial charge in [0.05, 0.1) is 5.56 Å². The second kappa shape index (κ2) is 10.7. The number of carbonyl (C=O) groups excluding carboxylic acids is 1. The summed E-state index contributed by atoms with van der Waals surface area (Å²) in [6.07, 6.45) is -3.34. The summed E-state index contributed by atoms with van der Waals surface area (Å²) in [4.78, 5) is 13.5. The number of aliphatic hydroxyl groups is 1. The number of nitrogens with one attached hydrogen (secondary N) is 1. The second-order valence-corrected chi connectivity index (χ2v) is 6.63. The average Bonchev–Trinajstić information content (AvgIpc) is 3.10. The highest BCUT2D eigenvalue weighted by Crippen LogP contribution is 2.35. The molecule has 0 aliphatic carbocycles. The zero-order chi connectivity index (χ0) is 19.2. The smallest absolute Gasteiger partial charge is 0.419 e. The number of amides is 1. The van der Waals surface area contributed by atoms with Crippen molar-refractivity contribution in [3.8, 4) is 5.75 Å². The second-order valence-electron chi connectivity index (χ2n) is 6.63. The van der Waals surface area contributed by atoms with E-state index in [-0.39, 0.29) is 37.2 Å². The van der Waals surface area contributed by atoms with Crippen molar-refractivity contribution in [2.45, 2.75) is 31.5 Å². The summed E-state index contributed by atoms with van der Waals surface area (Å²) in [5.74, 6) is 0.0767. The van der Waals surface area contributed by atoms with E-state index in [9.17, 15) is 23.1 Å². The Morgan fingerprint density at radius 2 is 2.11 bits per heavy atom. The van der Waals surface area contributed by atoms with Gasteiger partial charge in [0.15, 0.2) is 0 Å². The van der Waals surface area contributed by atoms with Gasteiger partial charge in [0.2, 0.25) is 5.91 Å². The molecule has 9 heteroatoms. The molecule has 27 heavy (non-hydrogen) atoms. The standard InChI is InChI=1S/C18H25F3N2O3.ClH/c1-23(17(25)7-6-13-8-9-22-10-13)11-14(24)12-26-16-5-3-2-4-15(16)18(19,20)21;/h2-5,13-14,22,24H,6-12H2,1H3;1H. The average molecular weight is 411 g/mol. The van der Waals surface area contributed by atoms with Gasteiger partial charge in [-0.3, -0.25) is 4.79 Å². The fourth-order valence-corrected chi connectivity index (χ4v) is 2.96. The highest BCUT2D eigenvalue weighted by Gasteiger charge is 2.34. The summed E-state index contributed by atoms with van der Waals surface area (Å²) in [5, 5.41) is 13.2. The molecule has 1 fully saturated rings. The molecule has 2 unspecified atom stereocenters. The van der Waals surface area contributed by atoms with Crippen LogP contribution in [-0.4, -0.2) is 55.3 Å². The summed E-state index contributed by atoms with van der Waals surface area (Å²) in [7, 11) is 1.57. The monoisotopic (exact) mass is 410 g/mol. The highest BCUT2D eigenvalue weighted by molar-refractivity contribution is 5.85. The van der Waals surface area contributed by atoms with Gasteiger partial charge in [0.25, 0.3) is 0 Å². The van der Waals surface area contributed by atoms with Gasteiger partial charge in [0.1, 0.15) is 18.5 Å². The molecule has 0 radical (unpaired) electrons. The van der Waals surface area contributed by atoms with Crippen LogP contribution >= 0.6 is 12.4 Å². The molecule has 0 bridgehead atoms. The van der Waals surface area contributed by atoms with Gasteiger partial charge >= 0.3 is 6.18 Å². The zero-order valence-electron chi connectivity index (χ0n) is 15.2. The third-order valence-electron chi connectivity index (χ3n) is 4.46. The minimum absolute atomic E-state index is 0. The first-order valence-corrected chi connectivity index (χ1v) is 8.69. The first-order chi connectivity index (χ1) is 12.3. The van der Waals surface area contributed by atoms with E-state index in [0.717, 1.165) is 32.0 Å². The van der Waals surface area contributed by atoms with E-state index < -0.39 is 17.8 Å². The van der Waals surface area contributed by atoms with Gasteiger partial charge in [-0.1, -0.05) is 12.1 Å². The van der Waals surface area contributed by atoms with Crippen molar-refractivity contribution in [2.75, 3.05) is 33.3 Å². The Kier molecular flexibility index (Phi) is 9.35. The molecule has 1 heterocycles. The minimum Gasteiger partial charge on any atom is -0.490 e. The fourth-order valence-electron chi connectivity index (χ4n) is 2.96. The number of likely N-dealkylation sites (N-methyl/N-ethyl adjacent to an activating group) is 1. The molecular weight excluding hydrogens is 385 g/mol. The topological polar surface area (TPSA) is 61.8 Å². The number of halogens is 4. The molecule has 1 aliphatic heterocycles. The van der Waals surface area contributed by atoms with Crippen LogP contribution in [0.25, 0.3) is 0 Å². The van der Waals surface area contributed by atoms with Crippen molar-refractivity contribution in [1.82, 2.24) is 10.2 Å². The third-order valence-corrected chi connectivity index (χ3v) is 4.46. The maximum atomic E-state index is 12.9. The Hall–Kier alpha value is -1.51. The lowest BCUT2D eigenvalue weighted by molar-refractivity contribution is -0.139. The van der Waals surface area contributed by atoms with E-state index in [1.807, 2.05) is 0 Å². The molecule has 1 aliphatic rings. The van der Waals surface area contributed by atoms with Crippen molar-refractivity contribution >= 4 is 18.3 Å². The summed E-state index contributed by atoms with van der Waals surface area (Å²) in [5.41, 5.74) is -0.887. The number of rotatable bonds is 8. The number of para-hydroxylation sites is 1. The molecule has 2 N–H and O–H groups in total. The van der Waals surface area contributed by atoms with Crippen molar-refractivity contribution in [1.29, 1.82) is 0 Å². The number of ether oxygens (including phenoxy) is 1. The van der Waals surface area contributed by atoms with Crippen LogP contribution < -0.4 is 10.1 Å². The molecule has 1 saturated heterocycles. The maximum Gasteiger partial charge on any atom is 0.419 e. The van der Waals surface area contributed by atoms with Crippen LogP contribution in [0.3, 0.4) is 0 Å². The third kappa shape index (κ3) is 7.56. The minimum atomic E-state index is -4.52. The normalized spacial score (nSPS) is 17.9. The van der Waals surface area contributed by atoms with Gasteiger partial charge in [-0.05, 0) is 44.0 Å². The summed E-state index contributed by atoms with van der Waals surface area (Å²) < 4.78 is 43.8. The van der Waals surface area contributed by atoms with Gasteiger partial charge in [-0.2, -0.15) is 13.2 Å². The number of hydrogen-bond acceptors (Lipinski definition) is 4. The molecule has 154 valence electrons. The Balaban J connectivity index is 0.00000364. The molecule has 5 nitrogen and oxygen atoms in total. The largest absolute Gasteiger partial charge is 0.490 e. The number of benzene rings is 1. The van der Waals surface area contributed by atoms with Crippen LogP contribution in [0.4, 0.5) is 13.2 Å². The number of alkyl halides is 3. The molecule has 1 aromatic rings. The summed E-state index contributed by atoms with van der Waals surface area (Å²) >= 11 is 0. The number of nitrogens with zero attached hydrogens (tertiary/aromatic N) is 1. The van der Waals surface area contributed by atoms with Crippen LogP contribution in [0.15, 0.2) is 24.3 Å². The maximum absolute atomic E-state index is 12.9. The lowest BCUT2D eigenvalue weighted by atomic mass is 10.0. The highest BCUT2D eigenvalue weighted by atomic mass is 35.5. The quantitative estimate of drug-likeness (QED) is 0.691. The summed E-state index contributed by atoms with van der Waals surface area (Å²) in [6.45, 7) is 1.59. The van der Waals surface area contributed by atoms with Crippen molar-refractivity contribution < 1.29 is 27.8 Å². The van der Waals surface area contributed by atoms with Crippen molar-refractivity contribution in [3.05, 3.63) is 29.8 Å².